The smallest absolute Gasteiger partial charge is 0.255 e. The number of imide groups is 1. The number of anilines is 2. The summed E-state index contributed by atoms with van der Waals surface area (Å²) in [6.45, 7) is 9.17. The number of hydrogen-bond donors (Lipinski definition) is 4. The maximum Gasteiger partial charge on any atom is 0.255 e. The van der Waals surface area contributed by atoms with Crippen molar-refractivity contribution in [3.63, 3.8) is 0 Å². The number of methoxy groups -OCH3 is 1. The maximum atomic E-state index is 16.3. The molecule has 3 saturated heterocycles. The molecule has 0 aromatic heterocycles. The third-order valence-electron chi connectivity index (χ3n) is 14.5. The molecule has 4 aromatic rings. The van der Waals surface area contributed by atoms with Gasteiger partial charge in [-0.2, -0.15) is 0 Å². The third kappa shape index (κ3) is 8.35. The van der Waals surface area contributed by atoms with Crippen molar-refractivity contribution >= 4 is 58.2 Å². The number of carbonyl (C=O) groups excluding carboxylic acids is 4. The Bertz CT molecular complexity index is 2770. The summed E-state index contributed by atoms with van der Waals surface area (Å²) in [5.41, 5.74) is 4.86. The minimum absolute atomic E-state index is 0.00495. The molecule has 0 bridgehead atoms. The van der Waals surface area contributed by atoms with E-state index in [4.69, 9.17) is 32.7 Å². The van der Waals surface area contributed by atoms with Gasteiger partial charge in [0.15, 0.2) is 0 Å². The molecule has 4 amide bonds. The van der Waals surface area contributed by atoms with Crippen molar-refractivity contribution < 1.29 is 33.0 Å². The van der Waals surface area contributed by atoms with Crippen LogP contribution in [0.3, 0.4) is 0 Å². The highest BCUT2D eigenvalue weighted by molar-refractivity contribution is 6.31. The maximum absolute atomic E-state index is 16.3. The monoisotopic (exact) mass is 946 g/mol. The van der Waals surface area contributed by atoms with E-state index in [9.17, 15) is 19.2 Å². The Labute approximate surface area is 399 Å². The zero-order valence-electron chi connectivity index (χ0n) is 37.8. The first kappa shape index (κ1) is 45.3. The van der Waals surface area contributed by atoms with Crippen molar-refractivity contribution in [3.05, 3.63) is 122 Å². The number of carbonyl (C=O) groups is 4. The van der Waals surface area contributed by atoms with Gasteiger partial charge in [-0.05, 0) is 89.4 Å². The first-order valence-electron chi connectivity index (χ1n) is 23.0. The van der Waals surface area contributed by atoms with Crippen molar-refractivity contribution in [1.29, 1.82) is 0 Å². The molecule has 1 saturated carbocycles. The third-order valence-corrected chi connectivity index (χ3v) is 15.0. The van der Waals surface area contributed by atoms with Gasteiger partial charge in [-0.15, -0.1) is 0 Å². The van der Waals surface area contributed by atoms with Crippen LogP contribution < -0.4 is 26.0 Å². The van der Waals surface area contributed by atoms with Crippen molar-refractivity contribution in [1.82, 2.24) is 20.4 Å². The van der Waals surface area contributed by atoms with Crippen molar-refractivity contribution in [2.75, 3.05) is 44.0 Å². The molecule has 0 radical (unpaired) electrons. The van der Waals surface area contributed by atoms with Crippen LogP contribution in [0.25, 0.3) is 0 Å². The molecular weight excluding hydrogens is 895 g/mol. The van der Waals surface area contributed by atoms with Gasteiger partial charge in [0.2, 0.25) is 17.7 Å². The Balaban J connectivity index is 0.851. The number of piperidine rings is 1. The van der Waals surface area contributed by atoms with Gasteiger partial charge in [-0.1, -0.05) is 86.1 Å². The predicted molar refractivity (Wildman–Crippen MR) is 254 cm³/mol. The molecule has 1 aliphatic carbocycles. The Morgan fingerprint density at radius 3 is 2.67 bits per heavy atom. The number of rotatable bonds is 8. The summed E-state index contributed by atoms with van der Waals surface area (Å²) in [7, 11) is 1.57. The van der Waals surface area contributed by atoms with Gasteiger partial charge >= 0.3 is 0 Å². The standard InChI is InChI=1S/C52H53Cl2FN6O6/c1-51(2,3)24-43-52(27-56-38-23-31(53)14-15-35(38)52)45(33-9-6-10-36(54)46(33)55)47(58-43)49(64)57-37-16-13-30(22-41(37)66-4)42-26-60(19-20-67-42)40-21-29(40)12-11-28-7-5-8-32-34(28)25-61(50(32)65)39-17-18-44(62)59-48(39)63/h5-10,13-16,22-23,29,39-40,42-43,45,47,56,58H,17-21,24-27H2,1-4H3,(H,57,64)(H,59,62,63)/t29-,39?,40+,42+,43-,45-,47+,52-/m0/s1. The van der Waals surface area contributed by atoms with Gasteiger partial charge in [0.05, 0.1) is 36.6 Å². The summed E-state index contributed by atoms with van der Waals surface area (Å²) in [5, 5.41) is 13.4. The van der Waals surface area contributed by atoms with Gasteiger partial charge in [-0.25, -0.2) is 4.39 Å². The molecule has 8 atom stereocenters. The van der Waals surface area contributed by atoms with Crippen LogP contribution in [-0.4, -0.2) is 90.9 Å². The molecule has 12 nitrogen and oxygen atoms in total. The molecule has 5 aliphatic heterocycles. The molecule has 6 aliphatic rings. The summed E-state index contributed by atoms with van der Waals surface area (Å²) in [4.78, 5) is 56.5. The zero-order chi connectivity index (χ0) is 46.9. The number of halogens is 3. The number of ether oxygens (including phenoxy) is 2. The minimum atomic E-state index is -0.851. The average molecular weight is 948 g/mol. The van der Waals surface area contributed by atoms with E-state index in [1.807, 2.05) is 48.5 Å². The molecule has 15 heteroatoms. The number of nitrogens with zero attached hydrogens (tertiary/aromatic N) is 2. The summed E-state index contributed by atoms with van der Waals surface area (Å²) in [5.74, 6) is 4.95. The number of fused-ring (bicyclic) bond motifs is 3. The SMILES string of the molecule is COc1cc([C@H]2CN([C@@H]3C[C@@H]3C#Cc3cccc4c3CN(C3CCC(=O)NC3=O)C4=O)CCO2)ccc1NC(=O)[C@@H]1N[C@@H](CC(C)(C)C)[C@@]2(CNc3cc(Cl)ccc32)[C@H]1c1cccc(Cl)c1F. The fourth-order valence-corrected chi connectivity index (χ4v) is 11.6. The highest BCUT2D eigenvalue weighted by Gasteiger charge is 2.62. The van der Waals surface area contributed by atoms with E-state index in [2.05, 4.69) is 58.8 Å². The number of nitrogens with one attached hydrogen (secondary N) is 4. The molecule has 1 spiro atoms. The van der Waals surface area contributed by atoms with Crippen LogP contribution in [0.15, 0.2) is 72.8 Å². The molecule has 5 heterocycles. The molecule has 348 valence electrons. The van der Waals surface area contributed by atoms with E-state index in [1.54, 1.807) is 30.2 Å². The lowest BCUT2D eigenvalue weighted by atomic mass is 9.63. The van der Waals surface area contributed by atoms with Crippen LogP contribution in [0, 0.1) is 29.0 Å². The van der Waals surface area contributed by atoms with E-state index in [1.165, 1.54) is 6.07 Å². The second-order valence-corrected chi connectivity index (χ2v) is 20.7. The Morgan fingerprint density at radius 2 is 1.88 bits per heavy atom. The first-order chi connectivity index (χ1) is 32.1. The van der Waals surface area contributed by atoms with Crippen LogP contribution in [0.4, 0.5) is 15.8 Å². The van der Waals surface area contributed by atoms with Crippen molar-refractivity contribution in [2.24, 2.45) is 11.3 Å². The number of hydrogen-bond acceptors (Lipinski definition) is 9. The summed E-state index contributed by atoms with van der Waals surface area (Å²) >= 11 is 12.9. The quantitative estimate of drug-likeness (QED) is 0.104. The normalized spacial score (nSPS) is 27.8. The fourth-order valence-electron chi connectivity index (χ4n) is 11.3. The molecule has 67 heavy (non-hydrogen) atoms. The van der Waals surface area contributed by atoms with Gasteiger partial charge in [0.1, 0.15) is 17.6 Å². The van der Waals surface area contributed by atoms with Crippen molar-refractivity contribution in [2.45, 2.75) is 94.6 Å². The molecular formula is C52H53Cl2FN6O6. The lowest BCUT2D eigenvalue weighted by molar-refractivity contribution is -0.137. The van der Waals surface area contributed by atoms with E-state index in [0.29, 0.717) is 60.1 Å². The zero-order valence-corrected chi connectivity index (χ0v) is 39.3. The van der Waals surface area contributed by atoms with Crippen LogP contribution in [0.5, 0.6) is 5.75 Å². The van der Waals surface area contributed by atoms with Crippen LogP contribution in [0.2, 0.25) is 10.0 Å². The lowest BCUT2D eigenvalue weighted by Crippen LogP contribution is -2.52. The molecule has 4 N–H and O–H groups in total. The Hall–Kier alpha value is -5.49. The van der Waals surface area contributed by atoms with Gasteiger partial charge in [0, 0.05) is 83.8 Å². The molecule has 4 fully saturated rings. The molecule has 1 unspecified atom stereocenters. The predicted octanol–water partition coefficient (Wildman–Crippen LogP) is 7.58. The average Bonchev–Trinajstić information content (AvgIpc) is 3.74. The second kappa shape index (κ2) is 17.5. The van der Waals surface area contributed by atoms with E-state index < -0.39 is 35.1 Å². The largest absolute Gasteiger partial charge is 0.495 e. The fraction of sp³-hybridized carbons (Fsp3) is 0.423. The Morgan fingerprint density at radius 1 is 1.06 bits per heavy atom. The van der Waals surface area contributed by atoms with E-state index in [-0.39, 0.29) is 65.2 Å². The summed E-state index contributed by atoms with van der Waals surface area (Å²) in [6.07, 6.45) is 1.86. The van der Waals surface area contributed by atoms with Crippen molar-refractivity contribution in [3.8, 4) is 17.6 Å². The number of morpholine rings is 1. The second-order valence-electron chi connectivity index (χ2n) is 19.9. The minimum Gasteiger partial charge on any atom is -0.495 e. The van der Waals surface area contributed by atoms with Crippen LogP contribution >= 0.6 is 23.2 Å². The highest BCUT2D eigenvalue weighted by atomic mass is 35.5. The van der Waals surface area contributed by atoms with E-state index >= 15 is 4.39 Å². The highest BCUT2D eigenvalue weighted by Crippen LogP contribution is 2.57. The van der Waals surface area contributed by atoms with Gasteiger partial charge < -0.3 is 30.3 Å². The van der Waals surface area contributed by atoms with Crippen LogP contribution in [-0.2, 0) is 31.1 Å². The summed E-state index contributed by atoms with van der Waals surface area (Å²) < 4.78 is 28.6. The topological polar surface area (TPSA) is 141 Å². The van der Waals surface area contributed by atoms with Crippen LogP contribution in [0.1, 0.15) is 96.7 Å². The summed E-state index contributed by atoms with van der Waals surface area (Å²) in [6, 6.07) is 20.4. The van der Waals surface area contributed by atoms with Gasteiger partial charge in [0.25, 0.3) is 5.91 Å². The number of amides is 4. The first-order valence-corrected chi connectivity index (χ1v) is 23.8. The molecule has 4 aromatic carbocycles. The van der Waals surface area contributed by atoms with Gasteiger partial charge in [-0.3, -0.25) is 29.4 Å². The Kier molecular flexibility index (Phi) is 11.9. The van der Waals surface area contributed by atoms with E-state index in [0.717, 1.165) is 40.9 Å². The molecule has 10 rings (SSSR count). The number of benzene rings is 4. The lowest BCUT2D eigenvalue weighted by Gasteiger charge is -2.39.